The smallest absolute Gasteiger partial charge is 0.274 e. The summed E-state index contributed by atoms with van der Waals surface area (Å²) in [6, 6.07) is 9.68. The lowest BCUT2D eigenvalue weighted by atomic mass is 10.2. The SMILES string of the molecule is Cc1nnc(N/N=C/c2cc(C)n(-c3ccc(Cl)cc3)c2C)[nH]c1=O. The lowest BCUT2D eigenvalue weighted by Crippen LogP contribution is -2.15. The van der Waals surface area contributed by atoms with Crippen LogP contribution < -0.4 is 11.0 Å². The number of rotatable bonds is 4. The summed E-state index contributed by atoms with van der Waals surface area (Å²) >= 11 is 5.96. The Balaban J connectivity index is 1.83. The molecule has 2 heterocycles. The molecule has 0 atom stereocenters. The lowest BCUT2D eigenvalue weighted by Gasteiger charge is -2.09. The highest BCUT2D eigenvalue weighted by Crippen LogP contribution is 2.21. The topological polar surface area (TPSA) is 88.0 Å². The van der Waals surface area contributed by atoms with Gasteiger partial charge in [0, 0.05) is 27.7 Å². The van der Waals surface area contributed by atoms with Gasteiger partial charge < -0.3 is 4.57 Å². The normalized spacial score (nSPS) is 11.2. The second-order valence-corrected chi connectivity index (χ2v) is 6.03. The summed E-state index contributed by atoms with van der Waals surface area (Å²) in [5, 5.41) is 12.4. The number of halogens is 1. The Bertz CT molecular complexity index is 987. The van der Waals surface area contributed by atoms with Crippen LogP contribution >= 0.6 is 11.6 Å². The average molecular weight is 357 g/mol. The van der Waals surface area contributed by atoms with Crippen molar-refractivity contribution < 1.29 is 0 Å². The summed E-state index contributed by atoms with van der Waals surface area (Å²) in [6.07, 6.45) is 1.68. The minimum absolute atomic E-state index is 0.193. The van der Waals surface area contributed by atoms with Crippen LogP contribution in [-0.4, -0.2) is 26.0 Å². The molecule has 7 nitrogen and oxygen atoms in total. The molecule has 0 aliphatic heterocycles. The molecule has 0 fully saturated rings. The third-order valence-corrected chi connectivity index (χ3v) is 4.04. The van der Waals surface area contributed by atoms with Crippen molar-refractivity contribution in [3.8, 4) is 5.69 Å². The zero-order chi connectivity index (χ0) is 18.0. The Kier molecular flexibility index (Phi) is 4.67. The van der Waals surface area contributed by atoms with Gasteiger partial charge in [0.05, 0.1) is 6.21 Å². The van der Waals surface area contributed by atoms with Gasteiger partial charge in [0.1, 0.15) is 5.69 Å². The first-order valence-electron chi connectivity index (χ1n) is 7.63. The Morgan fingerprint density at radius 1 is 1.20 bits per heavy atom. The first-order chi connectivity index (χ1) is 12.0. The molecule has 0 spiro atoms. The number of hydrogen-bond acceptors (Lipinski definition) is 5. The molecule has 2 N–H and O–H groups in total. The van der Waals surface area contributed by atoms with Gasteiger partial charge >= 0.3 is 0 Å². The van der Waals surface area contributed by atoms with E-state index in [1.54, 1.807) is 13.1 Å². The summed E-state index contributed by atoms with van der Waals surface area (Å²) in [5.74, 6) is 0.193. The molecule has 3 aromatic rings. The van der Waals surface area contributed by atoms with E-state index in [4.69, 9.17) is 11.6 Å². The second-order valence-electron chi connectivity index (χ2n) is 5.60. The van der Waals surface area contributed by atoms with E-state index in [0.29, 0.717) is 10.7 Å². The summed E-state index contributed by atoms with van der Waals surface area (Å²) < 4.78 is 2.12. The van der Waals surface area contributed by atoms with Gasteiger partial charge in [-0.15, -0.1) is 10.2 Å². The number of aryl methyl sites for hydroxylation is 2. The van der Waals surface area contributed by atoms with E-state index in [-0.39, 0.29) is 11.5 Å². The van der Waals surface area contributed by atoms with Crippen LogP contribution in [0.25, 0.3) is 5.69 Å². The molecule has 0 radical (unpaired) electrons. The van der Waals surface area contributed by atoms with Crippen molar-refractivity contribution in [3.05, 3.63) is 68.4 Å². The van der Waals surface area contributed by atoms with Crippen LogP contribution in [0.4, 0.5) is 5.95 Å². The van der Waals surface area contributed by atoms with Crippen LogP contribution in [-0.2, 0) is 0 Å². The van der Waals surface area contributed by atoms with Crippen molar-refractivity contribution >= 4 is 23.8 Å². The molecular formula is C17H17ClN6O. The third-order valence-electron chi connectivity index (χ3n) is 3.79. The number of hydrazone groups is 1. The number of anilines is 1. The van der Waals surface area contributed by atoms with E-state index < -0.39 is 0 Å². The zero-order valence-corrected chi connectivity index (χ0v) is 14.8. The highest BCUT2D eigenvalue weighted by atomic mass is 35.5. The highest BCUT2D eigenvalue weighted by Gasteiger charge is 2.09. The van der Waals surface area contributed by atoms with Gasteiger partial charge in [-0.3, -0.25) is 9.78 Å². The number of H-pyrrole nitrogens is 1. The number of nitrogens with zero attached hydrogens (tertiary/aromatic N) is 4. The summed E-state index contributed by atoms with van der Waals surface area (Å²) in [4.78, 5) is 14.0. The van der Waals surface area contributed by atoms with Gasteiger partial charge in [-0.2, -0.15) is 5.10 Å². The average Bonchev–Trinajstić information content (AvgIpc) is 2.86. The highest BCUT2D eigenvalue weighted by molar-refractivity contribution is 6.30. The third kappa shape index (κ3) is 3.61. The minimum Gasteiger partial charge on any atom is -0.318 e. The molecule has 0 unspecified atom stereocenters. The molecule has 0 amide bonds. The quantitative estimate of drug-likeness (QED) is 0.555. The zero-order valence-electron chi connectivity index (χ0n) is 14.0. The first-order valence-corrected chi connectivity index (χ1v) is 8.01. The van der Waals surface area contributed by atoms with E-state index in [2.05, 4.69) is 30.3 Å². The van der Waals surface area contributed by atoms with Crippen molar-refractivity contribution in [1.82, 2.24) is 19.7 Å². The first kappa shape index (κ1) is 16.9. The van der Waals surface area contributed by atoms with Gasteiger partial charge in [-0.1, -0.05) is 11.6 Å². The van der Waals surface area contributed by atoms with Crippen molar-refractivity contribution in [2.45, 2.75) is 20.8 Å². The molecule has 8 heteroatoms. The fourth-order valence-electron chi connectivity index (χ4n) is 2.51. The second kappa shape index (κ2) is 6.90. The molecular weight excluding hydrogens is 340 g/mol. The molecule has 0 aliphatic rings. The van der Waals surface area contributed by atoms with E-state index in [1.165, 1.54) is 0 Å². The maximum absolute atomic E-state index is 11.5. The summed E-state index contributed by atoms with van der Waals surface area (Å²) in [6.45, 7) is 5.62. The van der Waals surface area contributed by atoms with Crippen molar-refractivity contribution in [3.63, 3.8) is 0 Å². The maximum Gasteiger partial charge on any atom is 0.274 e. The van der Waals surface area contributed by atoms with E-state index in [1.807, 2.05) is 44.2 Å². The van der Waals surface area contributed by atoms with Crippen molar-refractivity contribution in [2.75, 3.05) is 5.43 Å². The van der Waals surface area contributed by atoms with Crippen LogP contribution in [0.3, 0.4) is 0 Å². The molecule has 3 rings (SSSR count). The van der Waals surface area contributed by atoms with Crippen LogP contribution in [0.5, 0.6) is 0 Å². The Hall–Kier alpha value is -2.93. The van der Waals surface area contributed by atoms with E-state index >= 15 is 0 Å². The van der Waals surface area contributed by atoms with Gasteiger partial charge in [0.25, 0.3) is 5.56 Å². The number of aromatic amines is 1. The summed E-state index contributed by atoms with van der Waals surface area (Å²) in [5.41, 5.74) is 6.77. The molecule has 0 bridgehead atoms. The standard InChI is InChI=1S/C17H17ClN6O/c1-10-8-13(9-19-22-17-20-16(25)11(2)21-23-17)12(3)24(10)15-6-4-14(18)5-7-15/h4-9H,1-3H3,(H2,20,22,23,25)/b19-9+. The molecule has 128 valence electrons. The van der Waals surface area contributed by atoms with Gasteiger partial charge in [-0.05, 0) is 51.1 Å². The fraction of sp³-hybridized carbons (Fsp3) is 0.176. The van der Waals surface area contributed by atoms with E-state index in [9.17, 15) is 4.79 Å². The minimum atomic E-state index is -0.298. The molecule has 0 aliphatic carbocycles. The molecule has 0 saturated heterocycles. The lowest BCUT2D eigenvalue weighted by molar-refractivity contribution is 0.897. The number of benzene rings is 1. The predicted molar refractivity (Wildman–Crippen MR) is 98.9 cm³/mol. The molecule has 2 aromatic heterocycles. The Morgan fingerprint density at radius 3 is 2.60 bits per heavy atom. The monoisotopic (exact) mass is 356 g/mol. The largest absolute Gasteiger partial charge is 0.318 e. The van der Waals surface area contributed by atoms with Crippen LogP contribution in [0.1, 0.15) is 22.6 Å². The van der Waals surface area contributed by atoms with Gasteiger partial charge in [-0.25, -0.2) is 5.43 Å². The van der Waals surface area contributed by atoms with Crippen molar-refractivity contribution in [2.24, 2.45) is 5.10 Å². The Labute approximate surface area is 149 Å². The fourth-order valence-corrected chi connectivity index (χ4v) is 2.64. The van der Waals surface area contributed by atoms with Crippen molar-refractivity contribution in [1.29, 1.82) is 0 Å². The predicted octanol–water partition coefficient (Wildman–Crippen LogP) is 2.98. The summed E-state index contributed by atoms with van der Waals surface area (Å²) in [7, 11) is 0. The van der Waals surface area contributed by atoms with Crippen LogP contribution in [0.15, 0.2) is 40.2 Å². The Morgan fingerprint density at radius 2 is 1.92 bits per heavy atom. The van der Waals surface area contributed by atoms with Crippen LogP contribution in [0, 0.1) is 20.8 Å². The number of aromatic nitrogens is 4. The number of nitrogens with one attached hydrogen (secondary N) is 2. The van der Waals surface area contributed by atoms with Gasteiger partial charge in [0.2, 0.25) is 5.95 Å². The molecule has 1 aromatic carbocycles. The molecule has 0 saturated carbocycles. The van der Waals surface area contributed by atoms with Crippen LogP contribution in [0.2, 0.25) is 5.02 Å². The number of hydrogen-bond donors (Lipinski definition) is 2. The molecule has 25 heavy (non-hydrogen) atoms. The maximum atomic E-state index is 11.5. The van der Waals surface area contributed by atoms with E-state index in [0.717, 1.165) is 22.6 Å². The van der Waals surface area contributed by atoms with Gasteiger partial charge in [0.15, 0.2) is 0 Å².